The van der Waals surface area contributed by atoms with Crippen LogP contribution in [0.1, 0.15) is 18.4 Å². The maximum absolute atomic E-state index is 12.0. The molecule has 1 fully saturated rings. The lowest BCUT2D eigenvalue weighted by atomic mass is 10.1. The zero-order valence-corrected chi connectivity index (χ0v) is 10.9. The average Bonchev–Trinajstić information content (AvgIpc) is 2.93. The smallest absolute Gasteiger partial charge is 0.276 e. The Labute approximate surface area is 116 Å². The predicted octanol–water partition coefficient (Wildman–Crippen LogP) is 1.59. The number of hydrogen-bond acceptors (Lipinski definition) is 4. The van der Waals surface area contributed by atoms with Crippen molar-refractivity contribution in [2.45, 2.75) is 18.9 Å². The fourth-order valence-corrected chi connectivity index (χ4v) is 2.37. The molecule has 0 radical (unpaired) electrons. The molecule has 0 aromatic heterocycles. The summed E-state index contributed by atoms with van der Waals surface area (Å²) in [5.74, 6) is -0.222. The fraction of sp³-hybridized carbons (Fsp3) is 0.357. The predicted molar refractivity (Wildman–Crippen MR) is 74.0 cm³/mol. The molecule has 1 aliphatic heterocycles. The summed E-state index contributed by atoms with van der Waals surface area (Å²) >= 11 is 0. The molecule has 1 aliphatic rings. The van der Waals surface area contributed by atoms with Gasteiger partial charge in [0.1, 0.15) is 0 Å². The van der Waals surface area contributed by atoms with E-state index in [0.717, 1.165) is 12.8 Å². The molecule has 6 nitrogen and oxygen atoms in total. The van der Waals surface area contributed by atoms with E-state index in [0.29, 0.717) is 12.1 Å². The molecule has 1 unspecified atom stereocenters. The van der Waals surface area contributed by atoms with Crippen molar-refractivity contribution in [3.63, 3.8) is 0 Å². The highest BCUT2D eigenvalue weighted by Gasteiger charge is 2.26. The lowest BCUT2D eigenvalue weighted by Gasteiger charge is -2.21. The molecular weight excluding hydrogens is 260 g/mol. The van der Waals surface area contributed by atoms with Gasteiger partial charge in [-0.3, -0.25) is 14.9 Å². The third kappa shape index (κ3) is 3.03. The fourth-order valence-electron chi connectivity index (χ4n) is 2.37. The number of aliphatic hydroxyl groups is 1. The second-order valence-electron chi connectivity index (χ2n) is 4.66. The van der Waals surface area contributed by atoms with Gasteiger partial charge in [-0.2, -0.15) is 0 Å². The monoisotopic (exact) mass is 276 g/mol. The van der Waals surface area contributed by atoms with E-state index < -0.39 is 4.92 Å². The third-order valence-corrected chi connectivity index (χ3v) is 3.41. The van der Waals surface area contributed by atoms with Crippen molar-refractivity contribution in [2.75, 3.05) is 13.2 Å². The van der Waals surface area contributed by atoms with E-state index >= 15 is 0 Å². The molecule has 1 amide bonds. The Kier molecular flexibility index (Phi) is 4.47. The van der Waals surface area contributed by atoms with E-state index in [9.17, 15) is 20.0 Å². The first kappa shape index (κ1) is 14.2. The number of carbonyl (C=O) groups excluding carboxylic acids is 1. The van der Waals surface area contributed by atoms with Gasteiger partial charge in [0.25, 0.3) is 5.69 Å². The summed E-state index contributed by atoms with van der Waals surface area (Å²) in [6.45, 7) is 0.566. The number of carbonyl (C=O) groups is 1. The van der Waals surface area contributed by atoms with E-state index in [1.807, 2.05) is 0 Å². The quantitative estimate of drug-likeness (QED) is 0.514. The topological polar surface area (TPSA) is 83.7 Å². The highest BCUT2D eigenvalue weighted by molar-refractivity contribution is 5.92. The van der Waals surface area contributed by atoms with Gasteiger partial charge in [0.2, 0.25) is 5.91 Å². The number of rotatable bonds is 4. The number of nitro benzene ring substituents is 1. The minimum Gasteiger partial charge on any atom is -0.394 e. The summed E-state index contributed by atoms with van der Waals surface area (Å²) in [5.41, 5.74) is 0.363. The van der Waals surface area contributed by atoms with Crippen LogP contribution in [0.4, 0.5) is 5.69 Å². The zero-order valence-electron chi connectivity index (χ0n) is 10.9. The number of para-hydroxylation sites is 1. The molecule has 1 aromatic rings. The first-order valence-corrected chi connectivity index (χ1v) is 6.46. The molecule has 1 saturated heterocycles. The number of aliphatic hydroxyl groups excluding tert-OH is 1. The van der Waals surface area contributed by atoms with Crippen LogP contribution in [0.25, 0.3) is 6.08 Å². The Hall–Kier alpha value is -2.21. The van der Waals surface area contributed by atoms with Crippen molar-refractivity contribution in [3.8, 4) is 0 Å². The van der Waals surface area contributed by atoms with Crippen LogP contribution in [-0.4, -0.2) is 40.0 Å². The molecule has 0 bridgehead atoms. The van der Waals surface area contributed by atoms with Crippen molar-refractivity contribution >= 4 is 17.7 Å². The van der Waals surface area contributed by atoms with Gasteiger partial charge in [-0.1, -0.05) is 12.1 Å². The number of benzene rings is 1. The maximum Gasteiger partial charge on any atom is 0.276 e. The molecule has 106 valence electrons. The number of likely N-dealkylation sites (tertiary alicyclic amines) is 1. The molecule has 6 heteroatoms. The molecule has 1 aromatic carbocycles. The number of hydrogen-bond donors (Lipinski definition) is 1. The van der Waals surface area contributed by atoms with Crippen LogP contribution < -0.4 is 0 Å². The van der Waals surface area contributed by atoms with Gasteiger partial charge < -0.3 is 10.0 Å². The molecule has 0 spiro atoms. The van der Waals surface area contributed by atoms with Crippen LogP contribution in [0.2, 0.25) is 0 Å². The van der Waals surface area contributed by atoms with Gasteiger partial charge in [0.05, 0.1) is 23.1 Å². The molecule has 0 aliphatic carbocycles. The van der Waals surface area contributed by atoms with E-state index in [2.05, 4.69) is 0 Å². The normalized spacial score (nSPS) is 18.6. The van der Waals surface area contributed by atoms with E-state index in [-0.39, 0.29) is 24.2 Å². The van der Waals surface area contributed by atoms with Gasteiger partial charge >= 0.3 is 0 Å². The summed E-state index contributed by atoms with van der Waals surface area (Å²) in [7, 11) is 0. The van der Waals surface area contributed by atoms with E-state index in [1.165, 1.54) is 18.2 Å². The minimum atomic E-state index is -0.476. The summed E-state index contributed by atoms with van der Waals surface area (Å²) < 4.78 is 0. The lowest BCUT2D eigenvalue weighted by Crippen LogP contribution is -2.36. The molecule has 20 heavy (non-hydrogen) atoms. The van der Waals surface area contributed by atoms with Crippen molar-refractivity contribution in [1.82, 2.24) is 4.90 Å². The van der Waals surface area contributed by atoms with Gasteiger partial charge in [0, 0.05) is 18.7 Å². The van der Waals surface area contributed by atoms with Crippen LogP contribution >= 0.6 is 0 Å². The molecule has 1 N–H and O–H groups in total. The second-order valence-corrected chi connectivity index (χ2v) is 4.66. The van der Waals surface area contributed by atoms with Crippen LogP contribution in [0.15, 0.2) is 30.3 Å². The van der Waals surface area contributed by atoms with Crippen LogP contribution in [0.3, 0.4) is 0 Å². The molecule has 1 atom stereocenters. The van der Waals surface area contributed by atoms with Gasteiger partial charge in [-0.15, -0.1) is 0 Å². The summed E-state index contributed by atoms with van der Waals surface area (Å²) in [6.07, 6.45) is 4.45. The first-order valence-electron chi connectivity index (χ1n) is 6.46. The summed E-state index contributed by atoms with van der Waals surface area (Å²) in [6, 6.07) is 6.12. The SMILES string of the molecule is O=C(C=Cc1ccccc1[N+](=O)[O-])N1CCCC1CO. The Balaban J connectivity index is 2.13. The molecular formula is C14H16N2O4. The van der Waals surface area contributed by atoms with Crippen LogP contribution in [0, 0.1) is 10.1 Å². The van der Waals surface area contributed by atoms with Gasteiger partial charge in [-0.25, -0.2) is 0 Å². The highest BCUT2D eigenvalue weighted by Crippen LogP contribution is 2.20. The Bertz CT molecular complexity index is 542. The lowest BCUT2D eigenvalue weighted by molar-refractivity contribution is -0.385. The number of nitro groups is 1. The maximum atomic E-state index is 12.0. The Morgan fingerprint density at radius 3 is 2.95 bits per heavy atom. The molecule has 0 saturated carbocycles. The van der Waals surface area contributed by atoms with Gasteiger partial charge in [-0.05, 0) is 25.0 Å². The van der Waals surface area contributed by atoms with Crippen molar-refractivity contribution in [1.29, 1.82) is 0 Å². The van der Waals surface area contributed by atoms with Crippen molar-refractivity contribution in [2.24, 2.45) is 0 Å². The molecule has 2 rings (SSSR count). The van der Waals surface area contributed by atoms with Crippen LogP contribution in [-0.2, 0) is 4.79 Å². The minimum absolute atomic E-state index is 0.0309. The zero-order chi connectivity index (χ0) is 14.5. The van der Waals surface area contributed by atoms with Crippen molar-refractivity contribution in [3.05, 3.63) is 46.0 Å². The molecule has 1 heterocycles. The van der Waals surface area contributed by atoms with E-state index in [4.69, 9.17) is 0 Å². The first-order chi connectivity index (χ1) is 9.63. The second kappa shape index (κ2) is 6.29. The number of amides is 1. The highest BCUT2D eigenvalue weighted by atomic mass is 16.6. The summed E-state index contributed by atoms with van der Waals surface area (Å²) in [4.78, 5) is 24.0. The van der Waals surface area contributed by atoms with Crippen LogP contribution in [0.5, 0.6) is 0 Å². The van der Waals surface area contributed by atoms with Gasteiger partial charge in [0.15, 0.2) is 0 Å². The standard InChI is InChI=1S/C14H16N2O4/c17-10-12-5-3-9-15(12)14(18)8-7-11-4-1-2-6-13(11)16(19)20/h1-2,4,6-8,12,17H,3,5,9-10H2. The Morgan fingerprint density at radius 2 is 2.25 bits per heavy atom. The van der Waals surface area contributed by atoms with Crippen molar-refractivity contribution < 1.29 is 14.8 Å². The Morgan fingerprint density at radius 1 is 1.50 bits per heavy atom. The van der Waals surface area contributed by atoms with E-state index in [1.54, 1.807) is 23.1 Å². The summed E-state index contributed by atoms with van der Waals surface area (Å²) in [5, 5.41) is 20.0. The number of nitrogens with zero attached hydrogens (tertiary/aromatic N) is 2. The third-order valence-electron chi connectivity index (χ3n) is 3.41. The average molecular weight is 276 g/mol. The largest absolute Gasteiger partial charge is 0.394 e.